The van der Waals surface area contributed by atoms with Gasteiger partial charge in [-0.15, -0.1) is 0 Å². The third-order valence-electron chi connectivity index (χ3n) is 5.29. The fraction of sp³-hybridized carbons (Fsp3) is 0.706. The Morgan fingerprint density at radius 2 is 2.11 bits per heavy atom. The molecule has 2 aromatic rings. The first-order valence-corrected chi connectivity index (χ1v) is 9.49. The number of halogens is 2. The number of nitrogens with one attached hydrogen (secondary N) is 1. The Morgan fingerprint density at radius 3 is 2.74 bits per heavy atom. The van der Waals surface area contributed by atoms with Crippen molar-refractivity contribution in [3.63, 3.8) is 0 Å². The van der Waals surface area contributed by atoms with Crippen LogP contribution >= 0.6 is 11.6 Å². The average Bonchev–Trinajstić information content (AvgIpc) is 3.10. The molecule has 1 aliphatic rings. The molecule has 0 aromatic carbocycles. The number of azide groups is 1. The first kappa shape index (κ1) is 19.6. The molecule has 27 heavy (non-hydrogen) atoms. The zero-order valence-corrected chi connectivity index (χ0v) is 16.5. The molecule has 0 amide bonds. The van der Waals surface area contributed by atoms with Crippen LogP contribution in [0.25, 0.3) is 16.2 Å². The molecular formula is C17H24ClFN8. The zero-order chi connectivity index (χ0) is 19.6. The van der Waals surface area contributed by atoms with Crippen molar-refractivity contribution in [2.75, 3.05) is 11.9 Å². The van der Waals surface area contributed by atoms with Crippen molar-refractivity contribution in [2.45, 2.75) is 58.7 Å². The fourth-order valence-electron chi connectivity index (χ4n) is 3.66. The van der Waals surface area contributed by atoms with Gasteiger partial charge in [-0.2, -0.15) is 14.6 Å². The van der Waals surface area contributed by atoms with Crippen LogP contribution in [0, 0.1) is 11.3 Å². The Bertz CT molecular complexity index is 846. The molecular weight excluding hydrogens is 371 g/mol. The van der Waals surface area contributed by atoms with Gasteiger partial charge in [0, 0.05) is 11.0 Å². The largest absolute Gasteiger partial charge is 0.366 e. The normalized spacial score (nSPS) is 21.7. The Balaban J connectivity index is 1.85. The first-order chi connectivity index (χ1) is 12.8. The van der Waals surface area contributed by atoms with E-state index in [1.54, 1.807) is 0 Å². The average molecular weight is 395 g/mol. The maximum Gasteiger partial charge on any atom is 0.254 e. The van der Waals surface area contributed by atoms with Crippen LogP contribution in [-0.4, -0.2) is 32.2 Å². The van der Waals surface area contributed by atoms with Gasteiger partial charge in [-0.25, -0.2) is 9.37 Å². The molecule has 1 atom stereocenters. The fourth-order valence-corrected chi connectivity index (χ4v) is 3.96. The van der Waals surface area contributed by atoms with Crippen molar-refractivity contribution >= 4 is 23.2 Å². The minimum atomic E-state index is -1.60. The topological polar surface area (TPSA) is 104 Å². The quantitative estimate of drug-likeness (QED) is 0.431. The molecule has 1 N–H and O–H groups in total. The van der Waals surface area contributed by atoms with Crippen molar-refractivity contribution in [3.8, 4) is 0 Å². The van der Waals surface area contributed by atoms with Gasteiger partial charge in [0.1, 0.15) is 23.2 Å². The zero-order valence-electron chi connectivity index (χ0n) is 15.7. The molecule has 1 aliphatic carbocycles. The summed E-state index contributed by atoms with van der Waals surface area (Å²) in [6, 6.07) is 0.221. The molecule has 1 unspecified atom stereocenters. The molecule has 3 rings (SSSR count). The van der Waals surface area contributed by atoms with Gasteiger partial charge < -0.3 is 5.32 Å². The summed E-state index contributed by atoms with van der Waals surface area (Å²) in [5.41, 5.74) is 8.73. The van der Waals surface area contributed by atoms with Gasteiger partial charge in [0.05, 0.1) is 6.54 Å². The third kappa shape index (κ3) is 4.25. The number of alkyl halides is 1. The maximum absolute atomic E-state index is 14.5. The van der Waals surface area contributed by atoms with E-state index in [0.717, 1.165) is 25.7 Å². The van der Waals surface area contributed by atoms with Crippen LogP contribution in [0.2, 0.25) is 5.02 Å². The SMILES string of the molecule is CC(C)(C)[C@H]1CC[C@@H](Nc2c(Cl)c(C(F)CN=[N+]=[N-])nc3ncnn23)CC1. The number of nitrogens with zero attached hydrogens (tertiary/aromatic N) is 7. The molecule has 2 aromatic heterocycles. The summed E-state index contributed by atoms with van der Waals surface area (Å²) in [6.45, 7) is 6.47. The number of anilines is 1. The lowest BCUT2D eigenvalue weighted by Crippen LogP contribution is -2.32. The van der Waals surface area contributed by atoms with Crippen LogP contribution in [0.3, 0.4) is 0 Å². The smallest absolute Gasteiger partial charge is 0.254 e. The molecule has 0 bridgehead atoms. The molecule has 0 spiro atoms. The van der Waals surface area contributed by atoms with Gasteiger partial charge >= 0.3 is 0 Å². The minimum absolute atomic E-state index is 0.00967. The molecule has 1 saturated carbocycles. The second-order valence-corrected chi connectivity index (χ2v) is 8.45. The summed E-state index contributed by atoms with van der Waals surface area (Å²) in [4.78, 5) is 10.8. The van der Waals surface area contributed by atoms with Crippen LogP contribution in [-0.2, 0) is 0 Å². The van der Waals surface area contributed by atoms with E-state index in [0.29, 0.717) is 17.2 Å². The van der Waals surface area contributed by atoms with E-state index in [-0.39, 0.29) is 29.1 Å². The van der Waals surface area contributed by atoms with Crippen molar-refractivity contribution in [3.05, 3.63) is 27.5 Å². The predicted molar refractivity (Wildman–Crippen MR) is 102 cm³/mol. The van der Waals surface area contributed by atoms with Crippen molar-refractivity contribution < 1.29 is 4.39 Å². The van der Waals surface area contributed by atoms with Crippen molar-refractivity contribution in [1.82, 2.24) is 19.6 Å². The van der Waals surface area contributed by atoms with Gasteiger partial charge in [-0.05, 0) is 42.5 Å². The monoisotopic (exact) mass is 394 g/mol. The molecule has 0 radical (unpaired) electrons. The summed E-state index contributed by atoms with van der Waals surface area (Å²) in [6.07, 6.45) is 4.01. The van der Waals surface area contributed by atoms with Gasteiger partial charge in [-0.3, -0.25) is 0 Å². The van der Waals surface area contributed by atoms with Crippen LogP contribution in [0.15, 0.2) is 11.4 Å². The molecule has 2 heterocycles. The summed E-state index contributed by atoms with van der Waals surface area (Å²) < 4.78 is 15.9. The Labute approximate surface area is 162 Å². The van der Waals surface area contributed by atoms with Crippen LogP contribution in [0.5, 0.6) is 0 Å². The first-order valence-electron chi connectivity index (χ1n) is 9.12. The summed E-state index contributed by atoms with van der Waals surface area (Å²) in [5, 5.41) is 11.0. The highest BCUT2D eigenvalue weighted by atomic mass is 35.5. The predicted octanol–water partition coefficient (Wildman–Crippen LogP) is 5.12. The molecule has 146 valence electrons. The van der Waals surface area contributed by atoms with Crippen LogP contribution in [0.1, 0.15) is 58.3 Å². The highest BCUT2D eigenvalue weighted by Crippen LogP contribution is 2.39. The third-order valence-corrected chi connectivity index (χ3v) is 5.66. The standard InChI is InChI=1S/C17H24ClFN8/c1-17(2,3)10-4-6-11(7-5-10)24-15-13(18)14(12(19)8-22-26-20)25-16-21-9-23-27(15)16/h9-12,24H,4-8H2,1-3H3/t10-,11+,12?. The van der Waals surface area contributed by atoms with E-state index in [1.165, 1.54) is 10.8 Å². The van der Waals surface area contributed by atoms with Gasteiger partial charge in [0.2, 0.25) is 0 Å². The highest BCUT2D eigenvalue weighted by molar-refractivity contribution is 6.33. The second kappa shape index (κ2) is 7.86. The van der Waals surface area contributed by atoms with Crippen LogP contribution in [0.4, 0.5) is 10.2 Å². The van der Waals surface area contributed by atoms with E-state index in [1.807, 2.05) is 0 Å². The number of aromatic nitrogens is 4. The van der Waals surface area contributed by atoms with Gasteiger partial charge in [-0.1, -0.05) is 37.5 Å². The lowest BCUT2D eigenvalue weighted by atomic mass is 9.71. The van der Waals surface area contributed by atoms with E-state index in [2.05, 4.69) is 51.2 Å². The highest BCUT2D eigenvalue weighted by Gasteiger charge is 2.31. The van der Waals surface area contributed by atoms with Crippen LogP contribution < -0.4 is 5.32 Å². The Hall–Kier alpha value is -2.12. The number of hydrogen-bond acceptors (Lipinski definition) is 5. The number of fused-ring (bicyclic) bond motifs is 1. The van der Waals surface area contributed by atoms with Crippen molar-refractivity contribution in [1.29, 1.82) is 0 Å². The summed E-state index contributed by atoms with van der Waals surface area (Å²) in [7, 11) is 0. The molecule has 10 heteroatoms. The Kier molecular flexibility index (Phi) is 5.72. The van der Waals surface area contributed by atoms with E-state index in [9.17, 15) is 4.39 Å². The van der Waals surface area contributed by atoms with Crippen molar-refractivity contribution in [2.24, 2.45) is 16.4 Å². The molecule has 8 nitrogen and oxygen atoms in total. The lowest BCUT2D eigenvalue weighted by Gasteiger charge is -2.37. The van der Waals surface area contributed by atoms with Gasteiger partial charge in [0.15, 0.2) is 5.82 Å². The molecule has 1 fully saturated rings. The molecule has 0 aliphatic heterocycles. The lowest BCUT2D eigenvalue weighted by molar-refractivity contribution is 0.173. The number of hydrogen-bond donors (Lipinski definition) is 1. The van der Waals surface area contributed by atoms with Gasteiger partial charge in [0.25, 0.3) is 5.78 Å². The van der Waals surface area contributed by atoms with E-state index in [4.69, 9.17) is 17.1 Å². The summed E-state index contributed by atoms with van der Waals surface area (Å²) in [5.74, 6) is 1.42. The minimum Gasteiger partial charge on any atom is -0.366 e. The number of rotatable bonds is 5. The van der Waals surface area contributed by atoms with E-state index >= 15 is 0 Å². The Morgan fingerprint density at radius 1 is 1.41 bits per heavy atom. The maximum atomic E-state index is 14.5. The summed E-state index contributed by atoms with van der Waals surface area (Å²) >= 11 is 6.45. The second-order valence-electron chi connectivity index (χ2n) is 8.07. The molecule has 0 saturated heterocycles. The van der Waals surface area contributed by atoms with E-state index < -0.39 is 6.17 Å².